The third-order valence-corrected chi connectivity index (χ3v) is 5.34. The van der Waals surface area contributed by atoms with E-state index >= 15 is 0 Å². The predicted molar refractivity (Wildman–Crippen MR) is 75.3 cm³/mol. The van der Waals surface area contributed by atoms with Gasteiger partial charge in [-0.1, -0.05) is 18.9 Å². The Morgan fingerprint density at radius 3 is 2.65 bits per heavy atom. The summed E-state index contributed by atoms with van der Waals surface area (Å²) in [6.07, 6.45) is 3.36. The van der Waals surface area contributed by atoms with E-state index in [0.29, 0.717) is 6.42 Å². The molecule has 1 saturated carbocycles. The number of nitro groups is 1. The van der Waals surface area contributed by atoms with Crippen molar-refractivity contribution in [2.75, 3.05) is 0 Å². The van der Waals surface area contributed by atoms with E-state index in [1.54, 1.807) is 0 Å². The van der Waals surface area contributed by atoms with Crippen molar-refractivity contribution in [3.8, 4) is 0 Å². The lowest BCUT2D eigenvalue weighted by Gasteiger charge is -2.27. The van der Waals surface area contributed by atoms with Crippen LogP contribution in [0.1, 0.15) is 25.7 Å². The Bertz CT molecular complexity index is 605. The van der Waals surface area contributed by atoms with Gasteiger partial charge in [0.15, 0.2) is 0 Å². The number of rotatable bonds is 4. The molecule has 0 amide bonds. The summed E-state index contributed by atoms with van der Waals surface area (Å²) in [6, 6.07) is 4.67. The van der Waals surface area contributed by atoms with Crippen LogP contribution in [0.2, 0.25) is 0 Å². The fourth-order valence-corrected chi connectivity index (χ4v) is 4.02. The van der Waals surface area contributed by atoms with Crippen LogP contribution in [0.5, 0.6) is 0 Å². The summed E-state index contributed by atoms with van der Waals surface area (Å²) >= 11 is 6.12. The van der Waals surface area contributed by atoms with Crippen molar-refractivity contribution in [1.29, 1.82) is 0 Å². The van der Waals surface area contributed by atoms with Crippen LogP contribution in [0, 0.1) is 10.1 Å². The molecule has 0 spiro atoms. The second kappa shape index (κ2) is 6.07. The van der Waals surface area contributed by atoms with E-state index < -0.39 is 14.9 Å². The first-order chi connectivity index (χ1) is 9.40. The molecule has 0 aromatic heterocycles. The fourth-order valence-electron chi connectivity index (χ4n) is 2.25. The molecule has 0 heterocycles. The van der Waals surface area contributed by atoms with Gasteiger partial charge in [-0.3, -0.25) is 10.1 Å². The molecule has 1 N–H and O–H groups in total. The Hall–Kier alpha value is -1.18. The standard InChI is InChI=1S/C12H15ClN2O4S/c13-11-6-1-2-7-12(11)14-20(18,19)10-5-3-4-9(8-10)15(16)17/h3-5,8,11-12,14H,1-2,6-7H2. The van der Waals surface area contributed by atoms with E-state index in [4.69, 9.17) is 11.6 Å². The molecule has 110 valence electrons. The Morgan fingerprint density at radius 1 is 1.30 bits per heavy atom. The predicted octanol–water partition coefficient (Wildman–Crippen LogP) is 2.42. The van der Waals surface area contributed by atoms with Crippen LogP contribution in [0.3, 0.4) is 0 Å². The summed E-state index contributed by atoms with van der Waals surface area (Å²) in [6.45, 7) is 0. The van der Waals surface area contributed by atoms with Gasteiger partial charge in [0.1, 0.15) is 0 Å². The maximum absolute atomic E-state index is 12.2. The van der Waals surface area contributed by atoms with Crippen LogP contribution >= 0.6 is 11.6 Å². The molecule has 20 heavy (non-hydrogen) atoms. The average Bonchev–Trinajstić information content (AvgIpc) is 2.41. The lowest BCUT2D eigenvalue weighted by molar-refractivity contribution is -0.385. The minimum Gasteiger partial charge on any atom is -0.258 e. The highest BCUT2D eigenvalue weighted by atomic mass is 35.5. The van der Waals surface area contributed by atoms with Gasteiger partial charge in [-0.25, -0.2) is 13.1 Å². The summed E-state index contributed by atoms with van der Waals surface area (Å²) in [7, 11) is -3.79. The summed E-state index contributed by atoms with van der Waals surface area (Å²) < 4.78 is 27.0. The monoisotopic (exact) mass is 318 g/mol. The Labute approximate surface area is 122 Å². The van der Waals surface area contributed by atoms with E-state index in [9.17, 15) is 18.5 Å². The molecule has 6 nitrogen and oxygen atoms in total. The smallest absolute Gasteiger partial charge is 0.258 e. The number of benzene rings is 1. The summed E-state index contributed by atoms with van der Waals surface area (Å²) in [5, 5.41) is 10.5. The molecule has 8 heteroatoms. The van der Waals surface area contributed by atoms with Gasteiger partial charge in [-0.2, -0.15) is 0 Å². The van der Waals surface area contributed by atoms with Gasteiger partial charge in [0.2, 0.25) is 10.0 Å². The molecular formula is C12H15ClN2O4S. The molecule has 0 aliphatic heterocycles. The van der Waals surface area contributed by atoms with Crippen molar-refractivity contribution in [1.82, 2.24) is 4.72 Å². The molecule has 2 rings (SSSR count). The normalized spacial score (nSPS) is 23.4. The van der Waals surface area contributed by atoms with Gasteiger partial charge >= 0.3 is 0 Å². The van der Waals surface area contributed by atoms with Crippen LogP contribution in [-0.4, -0.2) is 24.8 Å². The van der Waals surface area contributed by atoms with E-state index in [1.807, 2.05) is 0 Å². The minimum absolute atomic E-state index is 0.110. The minimum atomic E-state index is -3.79. The number of halogens is 1. The topological polar surface area (TPSA) is 89.3 Å². The quantitative estimate of drug-likeness (QED) is 0.524. The fraction of sp³-hybridized carbons (Fsp3) is 0.500. The number of sulfonamides is 1. The second-order valence-electron chi connectivity index (χ2n) is 4.78. The third kappa shape index (κ3) is 3.47. The Balaban J connectivity index is 2.21. The van der Waals surface area contributed by atoms with Gasteiger partial charge in [0, 0.05) is 23.6 Å². The van der Waals surface area contributed by atoms with Gasteiger partial charge in [0.05, 0.1) is 9.82 Å². The van der Waals surface area contributed by atoms with Crippen LogP contribution in [0.4, 0.5) is 5.69 Å². The summed E-state index contributed by atoms with van der Waals surface area (Å²) in [4.78, 5) is 9.96. The van der Waals surface area contributed by atoms with E-state index in [-0.39, 0.29) is 22.0 Å². The Morgan fingerprint density at radius 2 is 2.00 bits per heavy atom. The number of nitrogens with zero attached hydrogens (tertiary/aromatic N) is 1. The molecule has 0 radical (unpaired) electrons. The molecule has 1 aliphatic carbocycles. The second-order valence-corrected chi connectivity index (χ2v) is 7.06. The average molecular weight is 319 g/mol. The molecule has 0 saturated heterocycles. The molecular weight excluding hydrogens is 304 g/mol. The van der Waals surface area contributed by atoms with Crippen molar-refractivity contribution in [3.63, 3.8) is 0 Å². The van der Waals surface area contributed by atoms with Crippen molar-refractivity contribution < 1.29 is 13.3 Å². The van der Waals surface area contributed by atoms with E-state index in [2.05, 4.69) is 4.72 Å². The van der Waals surface area contributed by atoms with E-state index in [1.165, 1.54) is 18.2 Å². The van der Waals surface area contributed by atoms with Crippen LogP contribution in [-0.2, 0) is 10.0 Å². The number of hydrogen-bond acceptors (Lipinski definition) is 4. The van der Waals surface area contributed by atoms with E-state index in [0.717, 1.165) is 25.3 Å². The van der Waals surface area contributed by atoms with Gasteiger partial charge in [-0.15, -0.1) is 11.6 Å². The highest BCUT2D eigenvalue weighted by Gasteiger charge is 2.28. The molecule has 1 fully saturated rings. The van der Waals surface area contributed by atoms with Gasteiger partial charge < -0.3 is 0 Å². The zero-order valence-corrected chi connectivity index (χ0v) is 12.2. The number of non-ortho nitro benzene ring substituents is 1. The lowest BCUT2D eigenvalue weighted by Crippen LogP contribution is -2.42. The molecule has 2 atom stereocenters. The number of nitro benzene ring substituents is 1. The molecule has 1 aromatic rings. The summed E-state index contributed by atoms with van der Waals surface area (Å²) in [5.41, 5.74) is -0.251. The molecule has 2 unspecified atom stereocenters. The number of nitrogens with one attached hydrogen (secondary N) is 1. The molecule has 1 aromatic carbocycles. The third-order valence-electron chi connectivity index (χ3n) is 3.33. The number of hydrogen-bond donors (Lipinski definition) is 1. The van der Waals surface area contributed by atoms with Crippen molar-refractivity contribution in [3.05, 3.63) is 34.4 Å². The zero-order valence-electron chi connectivity index (χ0n) is 10.7. The highest BCUT2D eigenvalue weighted by molar-refractivity contribution is 7.89. The van der Waals surface area contributed by atoms with Gasteiger partial charge in [0.25, 0.3) is 5.69 Å². The summed E-state index contributed by atoms with van der Waals surface area (Å²) in [5.74, 6) is 0. The zero-order chi connectivity index (χ0) is 14.8. The largest absolute Gasteiger partial charge is 0.270 e. The van der Waals surface area contributed by atoms with Crippen molar-refractivity contribution in [2.24, 2.45) is 0 Å². The van der Waals surface area contributed by atoms with Crippen LogP contribution in [0.15, 0.2) is 29.2 Å². The lowest BCUT2D eigenvalue weighted by atomic mass is 9.96. The van der Waals surface area contributed by atoms with Crippen molar-refractivity contribution >= 4 is 27.3 Å². The Kier molecular flexibility index (Phi) is 4.62. The van der Waals surface area contributed by atoms with Crippen LogP contribution < -0.4 is 4.72 Å². The van der Waals surface area contributed by atoms with Gasteiger partial charge in [-0.05, 0) is 18.9 Å². The maximum atomic E-state index is 12.2. The SMILES string of the molecule is O=[N+]([O-])c1cccc(S(=O)(=O)NC2CCCCC2Cl)c1. The number of alkyl halides is 1. The highest BCUT2D eigenvalue weighted by Crippen LogP contribution is 2.25. The van der Waals surface area contributed by atoms with Crippen LogP contribution in [0.25, 0.3) is 0 Å². The van der Waals surface area contributed by atoms with Crippen molar-refractivity contribution in [2.45, 2.75) is 42.0 Å². The molecule has 0 bridgehead atoms. The first-order valence-electron chi connectivity index (χ1n) is 6.31. The molecule has 1 aliphatic rings. The maximum Gasteiger partial charge on any atom is 0.270 e. The first-order valence-corrected chi connectivity index (χ1v) is 8.23. The first kappa shape index (κ1) is 15.2.